The zero-order chi connectivity index (χ0) is 18.8. The van der Waals surface area contributed by atoms with Crippen LogP contribution >= 0.6 is 0 Å². The third-order valence-corrected chi connectivity index (χ3v) is 4.67. The number of methoxy groups -OCH3 is 1. The number of rotatable bonds is 3. The minimum Gasteiger partial charge on any atom is -0.469 e. The van der Waals surface area contributed by atoms with E-state index in [1.807, 2.05) is 54.6 Å². The molecule has 0 spiro atoms. The number of benzene rings is 2. The number of carbonyl (C=O) groups excluding carboxylic acids is 2. The first-order chi connectivity index (χ1) is 13.2. The number of hydrogen-bond donors (Lipinski definition) is 0. The van der Waals surface area contributed by atoms with Gasteiger partial charge in [-0.05, 0) is 30.2 Å². The van der Waals surface area contributed by atoms with Gasteiger partial charge in [0.1, 0.15) is 0 Å². The number of nitrogens with zero attached hydrogens (tertiary/aromatic N) is 4. The predicted molar refractivity (Wildman–Crippen MR) is 98.9 cm³/mol. The van der Waals surface area contributed by atoms with Crippen LogP contribution in [0.4, 0.5) is 5.69 Å². The molecular weight excluding hydrogens is 344 g/mol. The maximum atomic E-state index is 13.0. The Hall–Kier alpha value is -3.48. The van der Waals surface area contributed by atoms with Gasteiger partial charge < -0.3 is 9.64 Å². The number of anilines is 1. The van der Waals surface area contributed by atoms with Crippen LogP contribution in [-0.2, 0) is 9.53 Å². The molecule has 0 unspecified atom stereocenters. The molecule has 136 valence electrons. The van der Waals surface area contributed by atoms with Gasteiger partial charge in [-0.15, -0.1) is 5.10 Å². The highest BCUT2D eigenvalue weighted by atomic mass is 16.5. The molecule has 0 aliphatic carbocycles. The Bertz CT molecular complexity index is 984. The van der Waals surface area contributed by atoms with Gasteiger partial charge in [0.15, 0.2) is 5.69 Å². The molecule has 0 radical (unpaired) electrons. The third kappa shape index (κ3) is 3.08. The van der Waals surface area contributed by atoms with E-state index in [1.54, 1.807) is 4.90 Å². The Kier molecular flexibility index (Phi) is 4.42. The molecule has 27 heavy (non-hydrogen) atoms. The van der Waals surface area contributed by atoms with Crippen LogP contribution < -0.4 is 4.90 Å². The first-order valence-corrected chi connectivity index (χ1v) is 8.65. The molecule has 0 bridgehead atoms. The van der Waals surface area contributed by atoms with Crippen LogP contribution in [0.25, 0.3) is 5.69 Å². The van der Waals surface area contributed by atoms with Gasteiger partial charge in [-0.3, -0.25) is 9.59 Å². The molecule has 2 aromatic carbocycles. The second-order valence-electron chi connectivity index (χ2n) is 6.23. The summed E-state index contributed by atoms with van der Waals surface area (Å²) in [6.45, 7) is 0.411. The van der Waals surface area contributed by atoms with Crippen LogP contribution in [0.2, 0.25) is 0 Å². The monoisotopic (exact) mass is 362 g/mol. The summed E-state index contributed by atoms with van der Waals surface area (Å²) in [5, 5.41) is 8.52. The van der Waals surface area contributed by atoms with E-state index in [-0.39, 0.29) is 23.5 Å². The zero-order valence-corrected chi connectivity index (χ0v) is 14.8. The number of para-hydroxylation sites is 2. The lowest BCUT2D eigenvalue weighted by Crippen LogP contribution is -2.38. The summed E-state index contributed by atoms with van der Waals surface area (Å²) < 4.78 is 4.91. The fourth-order valence-corrected chi connectivity index (χ4v) is 3.35. The van der Waals surface area contributed by atoms with E-state index in [4.69, 9.17) is 4.74 Å². The molecular formula is C20H18N4O3. The molecule has 0 saturated heterocycles. The first kappa shape index (κ1) is 17.0. The highest BCUT2D eigenvalue weighted by Crippen LogP contribution is 2.36. The lowest BCUT2D eigenvalue weighted by molar-refractivity contribution is -0.142. The minimum atomic E-state index is -0.366. The number of esters is 1. The quantitative estimate of drug-likeness (QED) is 0.669. The Labute approximate surface area is 156 Å². The van der Waals surface area contributed by atoms with Gasteiger partial charge in [-0.2, -0.15) is 9.90 Å². The summed E-state index contributed by atoms with van der Waals surface area (Å²) in [7, 11) is 1.38. The molecule has 0 fully saturated rings. The minimum absolute atomic E-state index is 0.243. The van der Waals surface area contributed by atoms with Gasteiger partial charge in [0, 0.05) is 12.2 Å². The number of carbonyl (C=O) groups is 2. The smallest absolute Gasteiger partial charge is 0.313 e. The SMILES string of the molecule is COC(=O)[C@H]1CCN(C(=O)c2cnn(-c3ccccc3)n2)c2ccccc21. The highest BCUT2D eigenvalue weighted by Gasteiger charge is 2.34. The molecule has 1 aliphatic heterocycles. The maximum absolute atomic E-state index is 13.0. The molecule has 7 heteroatoms. The number of hydrogen-bond acceptors (Lipinski definition) is 5. The van der Waals surface area contributed by atoms with Crippen LogP contribution in [0.1, 0.15) is 28.4 Å². The van der Waals surface area contributed by atoms with E-state index in [0.29, 0.717) is 18.7 Å². The summed E-state index contributed by atoms with van der Waals surface area (Å²) in [5.41, 5.74) is 2.53. The molecule has 2 heterocycles. The second kappa shape index (κ2) is 7.03. The van der Waals surface area contributed by atoms with Crippen LogP contribution in [-0.4, -0.2) is 40.5 Å². The van der Waals surface area contributed by atoms with E-state index in [9.17, 15) is 9.59 Å². The van der Waals surface area contributed by atoms with E-state index in [1.165, 1.54) is 18.1 Å². The number of ether oxygens (including phenoxy) is 1. The van der Waals surface area contributed by atoms with Crippen molar-refractivity contribution in [2.45, 2.75) is 12.3 Å². The van der Waals surface area contributed by atoms with Crippen molar-refractivity contribution in [3.05, 3.63) is 72.1 Å². The standard InChI is InChI=1S/C20H18N4O3/c1-27-20(26)16-11-12-23(18-10-6-5-9-15(16)18)19(25)17-13-21-24(22-17)14-7-3-2-4-8-14/h2-10,13,16H,11-12H2,1H3/t16-/m0/s1. The van der Waals surface area contributed by atoms with Crippen molar-refractivity contribution < 1.29 is 14.3 Å². The highest BCUT2D eigenvalue weighted by molar-refractivity contribution is 6.06. The largest absolute Gasteiger partial charge is 0.469 e. The van der Waals surface area contributed by atoms with Gasteiger partial charge in [0.25, 0.3) is 5.91 Å². The van der Waals surface area contributed by atoms with Crippen molar-refractivity contribution in [3.63, 3.8) is 0 Å². The first-order valence-electron chi connectivity index (χ1n) is 8.65. The normalized spacial score (nSPS) is 15.9. The van der Waals surface area contributed by atoms with Crippen molar-refractivity contribution >= 4 is 17.6 Å². The number of fused-ring (bicyclic) bond motifs is 1. The summed E-state index contributed by atoms with van der Waals surface area (Å²) in [6.07, 6.45) is 1.96. The van der Waals surface area contributed by atoms with Crippen molar-refractivity contribution in [3.8, 4) is 5.69 Å². The van der Waals surface area contributed by atoms with Crippen LogP contribution in [0.5, 0.6) is 0 Å². The molecule has 1 aromatic heterocycles. The van der Waals surface area contributed by atoms with Crippen LogP contribution in [0.3, 0.4) is 0 Å². The lowest BCUT2D eigenvalue weighted by atomic mass is 9.90. The molecule has 1 aliphatic rings. The summed E-state index contributed by atoms with van der Waals surface area (Å²) in [5.74, 6) is -0.896. The van der Waals surface area contributed by atoms with Gasteiger partial charge in [0.05, 0.1) is 24.9 Å². The molecule has 0 saturated carbocycles. The molecule has 4 rings (SSSR count). The van der Waals surface area contributed by atoms with E-state index >= 15 is 0 Å². The van der Waals surface area contributed by atoms with Crippen molar-refractivity contribution in [2.24, 2.45) is 0 Å². The Morgan fingerprint density at radius 3 is 2.59 bits per heavy atom. The van der Waals surface area contributed by atoms with Crippen molar-refractivity contribution in [1.82, 2.24) is 15.0 Å². The van der Waals surface area contributed by atoms with Crippen LogP contribution in [0, 0.1) is 0 Å². The topological polar surface area (TPSA) is 77.3 Å². The van der Waals surface area contributed by atoms with E-state index in [0.717, 1.165) is 11.3 Å². The van der Waals surface area contributed by atoms with Gasteiger partial charge >= 0.3 is 5.97 Å². The fourth-order valence-electron chi connectivity index (χ4n) is 3.35. The average molecular weight is 362 g/mol. The fraction of sp³-hybridized carbons (Fsp3) is 0.200. The van der Waals surface area contributed by atoms with Gasteiger partial charge in [-0.25, -0.2) is 0 Å². The molecule has 7 nitrogen and oxygen atoms in total. The predicted octanol–water partition coefficient (Wildman–Crippen LogP) is 2.57. The molecule has 0 N–H and O–H groups in total. The van der Waals surface area contributed by atoms with Crippen molar-refractivity contribution in [2.75, 3.05) is 18.6 Å². The Morgan fingerprint density at radius 2 is 1.81 bits per heavy atom. The zero-order valence-electron chi connectivity index (χ0n) is 14.8. The van der Waals surface area contributed by atoms with Crippen LogP contribution in [0.15, 0.2) is 60.8 Å². The second-order valence-corrected chi connectivity index (χ2v) is 6.23. The molecule has 1 amide bonds. The van der Waals surface area contributed by atoms with Gasteiger partial charge in [-0.1, -0.05) is 36.4 Å². The number of amides is 1. The molecule has 1 atom stereocenters. The average Bonchev–Trinajstić information content (AvgIpc) is 3.23. The maximum Gasteiger partial charge on any atom is 0.313 e. The Morgan fingerprint density at radius 1 is 1.07 bits per heavy atom. The van der Waals surface area contributed by atoms with Gasteiger partial charge in [0.2, 0.25) is 0 Å². The van der Waals surface area contributed by atoms with E-state index in [2.05, 4.69) is 10.2 Å². The van der Waals surface area contributed by atoms with Crippen molar-refractivity contribution in [1.29, 1.82) is 0 Å². The number of aromatic nitrogens is 3. The lowest BCUT2D eigenvalue weighted by Gasteiger charge is -2.32. The Balaban J connectivity index is 1.65. The van der Waals surface area contributed by atoms with E-state index < -0.39 is 0 Å². The summed E-state index contributed by atoms with van der Waals surface area (Å²) in [4.78, 5) is 28.2. The summed E-state index contributed by atoms with van der Waals surface area (Å²) >= 11 is 0. The molecule has 3 aromatic rings. The third-order valence-electron chi connectivity index (χ3n) is 4.67. The summed E-state index contributed by atoms with van der Waals surface area (Å²) in [6, 6.07) is 16.8.